The third-order valence-corrected chi connectivity index (χ3v) is 3.36. The fourth-order valence-electron chi connectivity index (χ4n) is 2.19. The molecule has 0 heterocycles. The number of rotatable bonds is 0. The molecule has 2 unspecified atom stereocenters. The third-order valence-electron chi connectivity index (χ3n) is 3.36. The molecular formula is C10H5BF8. The highest BCUT2D eigenvalue weighted by Crippen LogP contribution is 2.66. The van der Waals surface area contributed by atoms with Gasteiger partial charge in [0.2, 0.25) is 5.67 Å². The van der Waals surface area contributed by atoms with Gasteiger partial charge in [0, 0.05) is 12.0 Å². The molecule has 19 heavy (non-hydrogen) atoms. The summed E-state index contributed by atoms with van der Waals surface area (Å²) in [6, 6.07) is 0. The lowest BCUT2D eigenvalue weighted by atomic mass is 9.56. The standard InChI is InChI=1S/C10H5BF8/c11-7(13)5-3-1-2-4-6(5,12)8(14,15)10(18,19)9(7,16)17/h1-3H,4H2. The first-order chi connectivity index (χ1) is 8.34. The Bertz CT molecular complexity index is 478. The highest BCUT2D eigenvalue weighted by atomic mass is 19.4. The first-order valence-electron chi connectivity index (χ1n) is 5.02. The van der Waals surface area contributed by atoms with Crippen molar-refractivity contribution in [3.8, 4) is 0 Å². The van der Waals surface area contributed by atoms with Gasteiger partial charge in [-0.3, -0.25) is 0 Å². The van der Waals surface area contributed by atoms with Gasteiger partial charge >= 0.3 is 17.8 Å². The van der Waals surface area contributed by atoms with Crippen molar-refractivity contribution in [1.29, 1.82) is 0 Å². The molecule has 0 aromatic heterocycles. The van der Waals surface area contributed by atoms with Crippen LogP contribution in [0, 0.1) is 0 Å². The summed E-state index contributed by atoms with van der Waals surface area (Å²) in [5, 5.41) is 0. The second kappa shape index (κ2) is 3.35. The zero-order valence-electron chi connectivity index (χ0n) is 9.04. The van der Waals surface area contributed by atoms with Gasteiger partial charge in [0.1, 0.15) is 7.85 Å². The molecule has 2 radical (unpaired) electrons. The smallest absolute Gasteiger partial charge is 0.243 e. The molecule has 0 nitrogen and oxygen atoms in total. The van der Waals surface area contributed by atoms with Crippen LogP contribution in [0.25, 0.3) is 0 Å². The number of alkyl halides is 8. The quantitative estimate of drug-likeness (QED) is 0.474. The molecule has 2 aliphatic rings. The van der Waals surface area contributed by atoms with E-state index in [0.717, 1.165) is 6.08 Å². The third kappa shape index (κ3) is 1.26. The molecule has 1 fully saturated rings. The molecule has 104 valence electrons. The second-order valence-electron chi connectivity index (χ2n) is 4.45. The molecule has 0 saturated heterocycles. The van der Waals surface area contributed by atoms with E-state index in [-0.39, 0.29) is 6.08 Å². The predicted molar refractivity (Wildman–Crippen MR) is 50.1 cm³/mol. The lowest BCUT2D eigenvalue weighted by molar-refractivity contribution is -0.373. The first-order valence-corrected chi connectivity index (χ1v) is 5.02. The van der Waals surface area contributed by atoms with Crippen LogP contribution in [-0.2, 0) is 0 Å². The lowest BCUT2D eigenvalue weighted by Gasteiger charge is -2.53. The zero-order valence-corrected chi connectivity index (χ0v) is 9.04. The minimum atomic E-state index is -6.26. The maximum Gasteiger partial charge on any atom is 0.378 e. The summed E-state index contributed by atoms with van der Waals surface area (Å²) in [6.45, 7) is 0. The second-order valence-corrected chi connectivity index (χ2v) is 4.45. The minimum Gasteiger partial charge on any atom is -0.243 e. The number of allylic oxidation sites excluding steroid dienone is 4. The molecule has 2 rings (SSSR count). The molecule has 0 aliphatic heterocycles. The molecule has 0 aromatic rings. The molecular weight excluding hydrogens is 283 g/mol. The molecule has 1 saturated carbocycles. The highest BCUT2D eigenvalue weighted by molar-refractivity contribution is 6.18. The maximum atomic E-state index is 14.1. The maximum absolute atomic E-state index is 14.1. The van der Waals surface area contributed by atoms with Crippen LogP contribution in [0.1, 0.15) is 6.42 Å². The largest absolute Gasteiger partial charge is 0.378 e. The molecule has 9 heteroatoms. The van der Waals surface area contributed by atoms with Crippen molar-refractivity contribution in [2.75, 3.05) is 0 Å². The average molecular weight is 288 g/mol. The van der Waals surface area contributed by atoms with E-state index in [1.54, 1.807) is 0 Å². The van der Waals surface area contributed by atoms with Gasteiger partial charge in [-0.2, -0.15) is 26.3 Å². The van der Waals surface area contributed by atoms with Crippen molar-refractivity contribution in [2.45, 2.75) is 35.4 Å². The van der Waals surface area contributed by atoms with Crippen LogP contribution in [0.2, 0.25) is 0 Å². The summed E-state index contributed by atoms with van der Waals surface area (Å²) in [4.78, 5) is 0. The van der Waals surface area contributed by atoms with E-state index in [1.807, 2.05) is 0 Å². The number of hydrogen-bond acceptors (Lipinski definition) is 0. The molecule has 0 aromatic carbocycles. The van der Waals surface area contributed by atoms with Crippen LogP contribution in [0.15, 0.2) is 23.8 Å². The van der Waals surface area contributed by atoms with Gasteiger partial charge < -0.3 is 0 Å². The Balaban J connectivity index is 2.79. The van der Waals surface area contributed by atoms with Crippen molar-refractivity contribution < 1.29 is 35.1 Å². The highest BCUT2D eigenvalue weighted by Gasteiger charge is 2.89. The van der Waals surface area contributed by atoms with E-state index < -0.39 is 41.0 Å². The summed E-state index contributed by atoms with van der Waals surface area (Å²) >= 11 is 0. The Morgan fingerprint density at radius 1 is 0.842 bits per heavy atom. The van der Waals surface area contributed by atoms with Gasteiger partial charge in [-0.25, -0.2) is 8.78 Å². The van der Waals surface area contributed by atoms with Gasteiger partial charge in [0.25, 0.3) is 0 Å². The van der Waals surface area contributed by atoms with E-state index >= 15 is 0 Å². The molecule has 0 bridgehead atoms. The van der Waals surface area contributed by atoms with Crippen molar-refractivity contribution in [3.63, 3.8) is 0 Å². The molecule has 0 N–H and O–H groups in total. The van der Waals surface area contributed by atoms with E-state index in [9.17, 15) is 35.1 Å². The lowest BCUT2D eigenvalue weighted by Crippen LogP contribution is -2.77. The summed E-state index contributed by atoms with van der Waals surface area (Å²) in [6.07, 6.45) is 0.359. The molecule has 2 aliphatic carbocycles. The Kier molecular flexibility index (Phi) is 2.54. The summed E-state index contributed by atoms with van der Waals surface area (Å²) in [5.41, 5.74) is -10.9. The molecule has 0 amide bonds. The van der Waals surface area contributed by atoms with Gasteiger partial charge in [-0.1, -0.05) is 18.2 Å². The van der Waals surface area contributed by atoms with Crippen LogP contribution in [-0.4, -0.2) is 36.9 Å². The zero-order chi connectivity index (χ0) is 14.9. The fourth-order valence-corrected chi connectivity index (χ4v) is 2.19. The molecule has 2 atom stereocenters. The van der Waals surface area contributed by atoms with Crippen molar-refractivity contribution in [1.82, 2.24) is 0 Å². The van der Waals surface area contributed by atoms with E-state index in [4.69, 9.17) is 0 Å². The first kappa shape index (κ1) is 14.4. The Hall–Kier alpha value is -1.02. The number of hydrogen-bond donors (Lipinski definition) is 0. The van der Waals surface area contributed by atoms with Crippen molar-refractivity contribution in [3.05, 3.63) is 23.8 Å². The van der Waals surface area contributed by atoms with Gasteiger partial charge in [0.05, 0.1) is 0 Å². The van der Waals surface area contributed by atoms with E-state index in [2.05, 4.69) is 7.85 Å². The van der Waals surface area contributed by atoms with Crippen LogP contribution in [0.5, 0.6) is 0 Å². The Morgan fingerprint density at radius 3 is 1.89 bits per heavy atom. The van der Waals surface area contributed by atoms with Crippen LogP contribution in [0.4, 0.5) is 35.1 Å². The van der Waals surface area contributed by atoms with Gasteiger partial charge in [-0.15, -0.1) is 0 Å². The minimum absolute atomic E-state index is 0.237. The van der Waals surface area contributed by atoms with Crippen LogP contribution in [0.3, 0.4) is 0 Å². The fraction of sp³-hybridized carbons (Fsp3) is 0.600. The topological polar surface area (TPSA) is 0 Å². The van der Waals surface area contributed by atoms with Gasteiger partial charge in [0.15, 0.2) is 5.57 Å². The van der Waals surface area contributed by atoms with Crippen molar-refractivity contribution in [2.24, 2.45) is 0 Å². The van der Waals surface area contributed by atoms with E-state index in [1.165, 1.54) is 0 Å². The monoisotopic (exact) mass is 288 g/mol. The summed E-state index contributed by atoms with van der Waals surface area (Å²) in [5.74, 6) is -18.0. The summed E-state index contributed by atoms with van der Waals surface area (Å²) < 4.78 is 108. The molecule has 0 spiro atoms. The SMILES string of the molecule is [B]C1(F)C2=CC=CCC2(F)C(F)(F)C(F)(F)C1(F)F. The number of fused-ring (bicyclic) bond motifs is 1. The van der Waals surface area contributed by atoms with Crippen molar-refractivity contribution >= 4 is 7.85 Å². The number of halogens is 8. The van der Waals surface area contributed by atoms with Crippen LogP contribution >= 0.6 is 0 Å². The van der Waals surface area contributed by atoms with E-state index in [0.29, 0.717) is 6.08 Å². The summed E-state index contributed by atoms with van der Waals surface area (Å²) in [7, 11) is 4.42. The normalized spacial score (nSPS) is 42.4. The average Bonchev–Trinajstić information content (AvgIpc) is 2.27. The van der Waals surface area contributed by atoms with Gasteiger partial charge in [-0.05, 0) is 0 Å². The predicted octanol–water partition coefficient (Wildman–Crippen LogP) is 3.33. The Labute approximate surface area is 103 Å². The Morgan fingerprint density at radius 2 is 1.37 bits per heavy atom. The van der Waals surface area contributed by atoms with Crippen LogP contribution < -0.4 is 0 Å².